The Bertz CT molecular complexity index is 691. The van der Waals surface area contributed by atoms with Gasteiger partial charge in [0, 0.05) is 11.3 Å². The number of aromatic nitrogens is 2. The summed E-state index contributed by atoms with van der Waals surface area (Å²) in [5.74, 6) is 0.462. The van der Waals surface area contributed by atoms with Crippen molar-refractivity contribution in [3.05, 3.63) is 46.8 Å². The summed E-state index contributed by atoms with van der Waals surface area (Å²) in [4.78, 5) is 12.0. The molecule has 3 rings (SSSR count). The molecule has 0 unspecified atom stereocenters. The lowest BCUT2D eigenvalue weighted by atomic mass is 10.2. The zero-order chi connectivity index (χ0) is 14.7. The van der Waals surface area contributed by atoms with Gasteiger partial charge in [-0.1, -0.05) is 12.1 Å². The Morgan fingerprint density at radius 1 is 1.48 bits per heavy atom. The number of carbonyl (C=O) groups excluding carboxylic acids is 1. The molecule has 1 heterocycles. The van der Waals surface area contributed by atoms with Gasteiger partial charge in [0.05, 0.1) is 13.3 Å². The van der Waals surface area contributed by atoms with E-state index in [1.54, 1.807) is 13.3 Å². The SMILES string of the molecule is COc1cccc(/C=N/NC(=O)c2n[nH]c3c2CCC3)c1. The number of ether oxygens (including phenoxy) is 1. The molecule has 1 aromatic heterocycles. The fourth-order valence-corrected chi connectivity index (χ4v) is 2.45. The molecule has 0 aliphatic heterocycles. The van der Waals surface area contributed by atoms with E-state index < -0.39 is 0 Å². The summed E-state index contributed by atoms with van der Waals surface area (Å²) in [6, 6.07) is 7.43. The molecule has 21 heavy (non-hydrogen) atoms. The average molecular weight is 284 g/mol. The van der Waals surface area contributed by atoms with Crippen molar-refractivity contribution >= 4 is 12.1 Å². The van der Waals surface area contributed by atoms with Crippen LogP contribution in [-0.4, -0.2) is 29.4 Å². The molecule has 1 amide bonds. The molecule has 1 aliphatic carbocycles. The number of benzene rings is 1. The summed E-state index contributed by atoms with van der Waals surface area (Å²) in [5, 5.41) is 10.9. The van der Waals surface area contributed by atoms with E-state index in [4.69, 9.17) is 4.74 Å². The monoisotopic (exact) mass is 284 g/mol. The van der Waals surface area contributed by atoms with Gasteiger partial charge in [0.15, 0.2) is 5.69 Å². The smallest absolute Gasteiger partial charge is 0.292 e. The fourth-order valence-electron chi connectivity index (χ4n) is 2.45. The summed E-state index contributed by atoms with van der Waals surface area (Å²) >= 11 is 0. The lowest BCUT2D eigenvalue weighted by Gasteiger charge is -2.00. The zero-order valence-corrected chi connectivity index (χ0v) is 11.7. The molecule has 0 atom stereocenters. The molecule has 1 aliphatic rings. The minimum Gasteiger partial charge on any atom is -0.497 e. The van der Waals surface area contributed by atoms with Gasteiger partial charge in [-0.05, 0) is 37.0 Å². The summed E-state index contributed by atoms with van der Waals surface area (Å²) < 4.78 is 5.13. The Morgan fingerprint density at radius 3 is 3.24 bits per heavy atom. The van der Waals surface area contributed by atoms with Crippen LogP contribution in [0.4, 0.5) is 0 Å². The second-order valence-corrected chi connectivity index (χ2v) is 4.86. The molecule has 0 saturated heterocycles. The van der Waals surface area contributed by atoms with Gasteiger partial charge >= 0.3 is 0 Å². The van der Waals surface area contributed by atoms with Crippen LogP contribution >= 0.6 is 0 Å². The lowest BCUT2D eigenvalue weighted by Crippen LogP contribution is -2.19. The number of nitrogens with one attached hydrogen (secondary N) is 2. The highest BCUT2D eigenvalue weighted by atomic mass is 16.5. The normalized spacial score (nSPS) is 13.4. The molecular formula is C15H16N4O2. The number of aryl methyl sites for hydroxylation is 1. The lowest BCUT2D eigenvalue weighted by molar-refractivity contribution is 0.0949. The van der Waals surface area contributed by atoms with E-state index in [1.807, 2.05) is 24.3 Å². The first-order valence-corrected chi connectivity index (χ1v) is 6.81. The second-order valence-electron chi connectivity index (χ2n) is 4.86. The third-order valence-corrected chi connectivity index (χ3v) is 3.49. The first-order chi connectivity index (χ1) is 10.3. The van der Waals surface area contributed by atoms with Gasteiger partial charge in [0.1, 0.15) is 5.75 Å². The first kappa shape index (κ1) is 13.4. The number of amides is 1. The van der Waals surface area contributed by atoms with Gasteiger partial charge in [-0.3, -0.25) is 9.89 Å². The van der Waals surface area contributed by atoms with Crippen molar-refractivity contribution in [2.24, 2.45) is 5.10 Å². The number of hydrogen-bond donors (Lipinski definition) is 2. The van der Waals surface area contributed by atoms with Crippen molar-refractivity contribution in [1.29, 1.82) is 0 Å². The summed E-state index contributed by atoms with van der Waals surface area (Å²) in [7, 11) is 1.61. The Balaban J connectivity index is 1.66. The molecule has 2 aromatic rings. The maximum atomic E-state index is 12.0. The Labute approximate surface area is 122 Å². The number of methoxy groups -OCH3 is 1. The minimum absolute atomic E-state index is 0.284. The van der Waals surface area contributed by atoms with Gasteiger partial charge in [-0.15, -0.1) is 0 Å². The van der Waals surface area contributed by atoms with Crippen LogP contribution in [0.15, 0.2) is 29.4 Å². The van der Waals surface area contributed by atoms with Gasteiger partial charge in [0.25, 0.3) is 5.91 Å². The Morgan fingerprint density at radius 2 is 2.38 bits per heavy atom. The van der Waals surface area contributed by atoms with Crippen LogP contribution in [0.25, 0.3) is 0 Å². The molecule has 2 N–H and O–H groups in total. The van der Waals surface area contributed by atoms with Crippen LogP contribution in [0, 0.1) is 0 Å². The topological polar surface area (TPSA) is 79.4 Å². The fraction of sp³-hybridized carbons (Fsp3) is 0.267. The quantitative estimate of drug-likeness (QED) is 0.662. The maximum absolute atomic E-state index is 12.0. The van der Waals surface area contributed by atoms with Gasteiger partial charge in [-0.25, -0.2) is 5.43 Å². The number of aromatic amines is 1. The van der Waals surface area contributed by atoms with Crippen LogP contribution in [0.5, 0.6) is 5.75 Å². The molecule has 0 radical (unpaired) electrons. The number of hydrazone groups is 1. The van der Waals surface area contributed by atoms with E-state index in [0.29, 0.717) is 5.69 Å². The van der Waals surface area contributed by atoms with Crippen molar-refractivity contribution in [1.82, 2.24) is 15.6 Å². The van der Waals surface area contributed by atoms with Gasteiger partial charge < -0.3 is 4.74 Å². The Hall–Kier alpha value is -2.63. The van der Waals surface area contributed by atoms with Crippen LogP contribution in [0.1, 0.15) is 33.7 Å². The molecule has 0 bridgehead atoms. The standard InChI is InChI=1S/C15H16N4O2/c1-21-11-5-2-4-10(8-11)9-16-19-15(20)14-12-6-3-7-13(12)17-18-14/h2,4-5,8-9H,3,6-7H2,1H3,(H,17,18)(H,19,20)/b16-9+. The van der Waals surface area contributed by atoms with Crippen LogP contribution < -0.4 is 10.2 Å². The number of carbonyl (C=O) groups is 1. The van der Waals surface area contributed by atoms with E-state index in [0.717, 1.165) is 41.8 Å². The molecule has 0 fully saturated rings. The van der Waals surface area contributed by atoms with Crippen molar-refractivity contribution in [3.8, 4) is 5.75 Å². The van der Waals surface area contributed by atoms with Gasteiger partial charge in [0.2, 0.25) is 0 Å². The van der Waals surface area contributed by atoms with Crippen LogP contribution in [0.3, 0.4) is 0 Å². The number of H-pyrrole nitrogens is 1. The molecule has 108 valence electrons. The molecule has 6 nitrogen and oxygen atoms in total. The maximum Gasteiger partial charge on any atom is 0.292 e. The van der Waals surface area contributed by atoms with E-state index in [9.17, 15) is 4.79 Å². The van der Waals surface area contributed by atoms with Crippen molar-refractivity contribution in [2.75, 3.05) is 7.11 Å². The Kier molecular flexibility index (Phi) is 3.68. The van der Waals surface area contributed by atoms with E-state index in [2.05, 4.69) is 20.7 Å². The van der Waals surface area contributed by atoms with Crippen LogP contribution in [0.2, 0.25) is 0 Å². The molecule has 6 heteroatoms. The second kappa shape index (κ2) is 5.78. The first-order valence-electron chi connectivity index (χ1n) is 6.81. The highest BCUT2D eigenvalue weighted by Gasteiger charge is 2.22. The minimum atomic E-state index is -0.284. The average Bonchev–Trinajstić information content (AvgIpc) is 3.10. The number of nitrogens with zero attached hydrogens (tertiary/aromatic N) is 2. The van der Waals surface area contributed by atoms with Gasteiger partial charge in [-0.2, -0.15) is 10.2 Å². The summed E-state index contributed by atoms with van der Waals surface area (Å²) in [6.45, 7) is 0. The van der Waals surface area contributed by atoms with Crippen molar-refractivity contribution in [2.45, 2.75) is 19.3 Å². The third kappa shape index (κ3) is 2.79. The molecule has 0 saturated carbocycles. The van der Waals surface area contributed by atoms with Crippen molar-refractivity contribution in [3.63, 3.8) is 0 Å². The third-order valence-electron chi connectivity index (χ3n) is 3.49. The van der Waals surface area contributed by atoms with E-state index in [1.165, 1.54) is 0 Å². The summed E-state index contributed by atoms with van der Waals surface area (Å²) in [6.07, 6.45) is 4.50. The largest absolute Gasteiger partial charge is 0.497 e. The van der Waals surface area contributed by atoms with Crippen LogP contribution in [-0.2, 0) is 12.8 Å². The number of hydrogen-bond acceptors (Lipinski definition) is 4. The number of fused-ring (bicyclic) bond motifs is 1. The number of rotatable bonds is 4. The predicted molar refractivity (Wildman–Crippen MR) is 78.7 cm³/mol. The van der Waals surface area contributed by atoms with E-state index >= 15 is 0 Å². The highest BCUT2D eigenvalue weighted by molar-refractivity contribution is 5.94. The van der Waals surface area contributed by atoms with E-state index in [-0.39, 0.29) is 5.91 Å². The zero-order valence-electron chi connectivity index (χ0n) is 11.7. The van der Waals surface area contributed by atoms with Crippen molar-refractivity contribution < 1.29 is 9.53 Å². The molecule has 1 aromatic carbocycles. The highest BCUT2D eigenvalue weighted by Crippen LogP contribution is 2.22. The molecular weight excluding hydrogens is 268 g/mol. The predicted octanol–water partition coefficient (Wildman–Crippen LogP) is 1.67. The summed E-state index contributed by atoms with van der Waals surface area (Å²) in [5.41, 5.74) is 5.89. The molecule has 0 spiro atoms.